The SMILES string of the molecule is Nc1ccc(NC(=O)NCCCOc2ccc(Br)cc2Cl)cc1Cl. The monoisotopic (exact) mass is 431 g/mol. The maximum atomic E-state index is 11.8. The molecule has 0 atom stereocenters. The molecule has 2 aromatic carbocycles. The van der Waals surface area contributed by atoms with E-state index in [1.807, 2.05) is 6.07 Å². The van der Waals surface area contributed by atoms with Crippen molar-refractivity contribution >= 4 is 56.5 Å². The predicted molar refractivity (Wildman–Crippen MR) is 102 cm³/mol. The van der Waals surface area contributed by atoms with Gasteiger partial charge in [-0.15, -0.1) is 0 Å². The fourth-order valence-corrected chi connectivity index (χ4v) is 2.74. The number of nitrogen functional groups attached to an aromatic ring is 1. The zero-order valence-electron chi connectivity index (χ0n) is 12.6. The minimum atomic E-state index is -0.322. The number of hydrogen-bond acceptors (Lipinski definition) is 3. The fourth-order valence-electron chi connectivity index (χ4n) is 1.83. The number of halogens is 3. The van der Waals surface area contributed by atoms with Crippen LogP contribution in [-0.4, -0.2) is 19.2 Å². The molecule has 0 radical (unpaired) electrons. The summed E-state index contributed by atoms with van der Waals surface area (Å²) in [6.07, 6.45) is 0.641. The lowest BCUT2D eigenvalue weighted by molar-refractivity contribution is 0.250. The molecule has 2 amide bonds. The van der Waals surface area contributed by atoms with Crippen LogP contribution in [0.3, 0.4) is 0 Å². The van der Waals surface area contributed by atoms with Gasteiger partial charge in [0, 0.05) is 16.7 Å². The van der Waals surface area contributed by atoms with Crippen molar-refractivity contribution in [1.82, 2.24) is 5.32 Å². The highest BCUT2D eigenvalue weighted by Gasteiger charge is 2.04. The van der Waals surface area contributed by atoms with E-state index in [-0.39, 0.29) is 6.03 Å². The van der Waals surface area contributed by atoms with Gasteiger partial charge in [0.25, 0.3) is 0 Å². The molecular formula is C16H16BrCl2N3O2. The van der Waals surface area contributed by atoms with Gasteiger partial charge in [0.15, 0.2) is 0 Å². The zero-order valence-corrected chi connectivity index (χ0v) is 15.7. The molecule has 0 aliphatic rings. The summed E-state index contributed by atoms with van der Waals surface area (Å²) in [5.74, 6) is 0.612. The first-order chi connectivity index (χ1) is 11.5. The van der Waals surface area contributed by atoms with Crippen molar-refractivity contribution in [3.05, 3.63) is 50.9 Å². The van der Waals surface area contributed by atoms with Crippen molar-refractivity contribution < 1.29 is 9.53 Å². The Bertz CT molecular complexity index is 728. The van der Waals surface area contributed by atoms with Gasteiger partial charge in [-0.1, -0.05) is 39.1 Å². The zero-order chi connectivity index (χ0) is 17.5. The summed E-state index contributed by atoms with van der Waals surface area (Å²) in [4.78, 5) is 11.8. The van der Waals surface area contributed by atoms with Crippen molar-refractivity contribution in [1.29, 1.82) is 0 Å². The number of urea groups is 1. The molecule has 4 N–H and O–H groups in total. The number of ether oxygens (including phenoxy) is 1. The second-order valence-electron chi connectivity index (χ2n) is 4.89. The molecule has 0 aromatic heterocycles. The van der Waals surface area contributed by atoms with Crippen LogP contribution in [0.1, 0.15) is 6.42 Å². The third-order valence-corrected chi connectivity index (χ3v) is 4.13. The topological polar surface area (TPSA) is 76.4 Å². The summed E-state index contributed by atoms with van der Waals surface area (Å²) in [5.41, 5.74) is 6.65. The van der Waals surface area contributed by atoms with Crippen molar-refractivity contribution in [3.8, 4) is 5.75 Å². The minimum absolute atomic E-state index is 0.322. The van der Waals surface area contributed by atoms with E-state index in [2.05, 4.69) is 26.6 Å². The lowest BCUT2D eigenvalue weighted by Crippen LogP contribution is -2.30. The smallest absolute Gasteiger partial charge is 0.319 e. The molecule has 0 heterocycles. The Morgan fingerprint density at radius 3 is 2.67 bits per heavy atom. The van der Waals surface area contributed by atoms with Gasteiger partial charge in [-0.3, -0.25) is 0 Å². The van der Waals surface area contributed by atoms with Crippen LogP contribution in [0, 0.1) is 0 Å². The fraction of sp³-hybridized carbons (Fsp3) is 0.188. The number of amides is 2. The first kappa shape index (κ1) is 18.7. The van der Waals surface area contributed by atoms with E-state index in [1.54, 1.807) is 30.3 Å². The standard InChI is InChI=1S/C16H16BrCl2N3O2/c17-10-2-5-15(13(19)8-10)24-7-1-6-21-16(23)22-11-3-4-14(20)12(18)9-11/h2-5,8-9H,1,6-7,20H2,(H2,21,22,23). The molecule has 8 heteroatoms. The molecule has 5 nitrogen and oxygen atoms in total. The van der Waals surface area contributed by atoms with E-state index in [4.69, 9.17) is 33.7 Å². The highest BCUT2D eigenvalue weighted by atomic mass is 79.9. The Hall–Kier alpha value is -1.63. The molecule has 0 spiro atoms. The molecule has 0 saturated carbocycles. The van der Waals surface area contributed by atoms with Crippen LogP contribution in [-0.2, 0) is 0 Å². The first-order valence-corrected chi connectivity index (χ1v) is 8.68. The van der Waals surface area contributed by atoms with Crippen LogP contribution in [0.25, 0.3) is 0 Å². The van der Waals surface area contributed by atoms with Gasteiger partial charge < -0.3 is 21.1 Å². The molecule has 0 aliphatic heterocycles. The van der Waals surface area contributed by atoms with Crippen LogP contribution in [0.4, 0.5) is 16.2 Å². The minimum Gasteiger partial charge on any atom is -0.492 e. The van der Waals surface area contributed by atoms with Gasteiger partial charge in [-0.25, -0.2) is 4.79 Å². The lowest BCUT2D eigenvalue weighted by atomic mass is 10.3. The molecule has 0 saturated heterocycles. The van der Waals surface area contributed by atoms with Gasteiger partial charge in [-0.2, -0.15) is 0 Å². The van der Waals surface area contributed by atoms with E-state index < -0.39 is 0 Å². The van der Waals surface area contributed by atoms with Crippen LogP contribution in [0.15, 0.2) is 40.9 Å². The van der Waals surface area contributed by atoms with Crippen LogP contribution in [0.5, 0.6) is 5.75 Å². The normalized spacial score (nSPS) is 10.3. The summed E-state index contributed by atoms with van der Waals surface area (Å²) in [6.45, 7) is 0.901. The van der Waals surface area contributed by atoms with Gasteiger partial charge in [-0.05, 0) is 42.8 Å². The Kier molecular flexibility index (Phi) is 7.02. The van der Waals surface area contributed by atoms with E-state index in [1.165, 1.54) is 0 Å². The molecule has 2 aromatic rings. The first-order valence-electron chi connectivity index (χ1n) is 7.13. The molecule has 0 aliphatic carbocycles. The number of benzene rings is 2. The number of nitrogens with two attached hydrogens (primary N) is 1. The Morgan fingerprint density at radius 2 is 1.96 bits per heavy atom. The molecule has 0 fully saturated rings. The summed E-state index contributed by atoms with van der Waals surface area (Å²) >= 11 is 15.3. The second kappa shape index (κ2) is 9.01. The van der Waals surface area contributed by atoms with E-state index in [9.17, 15) is 4.79 Å². The highest BCUT2D eigenvalue weighted by molar-refractivity contribution is 9.10. The third kappa shape index (κ3) is 5.78. The van der Waals surface area contributed by atoms with Gasteiger partial charge in [0.1, 0.15) is 5.75 Å². The Balaban J connectivity index is 1.68. The number of nitrogens with one attached hydrogen (secondary N) is 2. The van der Waals surface area contributed by atoms with E-state index in [0.29, 0.717) is 46.7 Å². The maximum absolute atomic E-state index is 11.8. The van der Waals surface area contributed by atoms with Gasteiger partial charge in [0.05, 0.1) is 22.3 Å². The summed E-state index contributed by atoms with van der Waals surface area (Å²) < 4.78 is 6.45. The van der Waals surface area contributed by atoms with E-state index >= 15 is 0 Å². The quantitative estimate of drug-likeness (QED) is 0.447. The molecule has 2 rings (SSSR count). The molecule has 128 valence electrons. The number of rotatable bonds is 6. The van der Waals surface area contributed by atoms with Crippen LogP contribution >= 0.6 is 39.1 Å². The second-order valence-corrected chi connectivity index (χ2v) is 6.62. The number of carbonyl (C=O) groups is 1. The van der Waals surface area contributed by atoms with Crippen molar-refractivity contribution in [2.45, 2.75) is 6.42 Å². The molecule has 0 unspecified atom stereocenters. The average Bonchev–Trinajstić information content (AvgIpc) is 2.52. The Morgan fingerprint density at radius 1 is 1.17 bits per heavy atom. The largest absolute Gasteiger partial charge is 0.492 e. The summed E-state index contributed by atoms with van der Waals surface area (Å²) in [7, 11) is 0. The third-order valence-electron chi connectivity index (χ3n) is 3.02. The molecular weight excluding hydrogens is 417 g/mol. The Labute approximate surface area is 158 Å². The van der Waals surface area contributed by atoms with Crippen molar-refractivity contribution in [3.63, 3.8) is 0 Å². The number of anilines is 2. The molecule has 0 bridgehead atoms. The van der Waals surface area contributed by atoms with Crippen LogP contribution in [0.2, 0.25) is 10.0 Å². The highest BCUT2D eigenvalue weighted by Crippen LogP contribution is 2.27. The van der Waals surface area contributed by atoms with Gasteiger partial charge in [0.2, 0.25) is 0 Å². The van der Waals surface area contributed by atoms with E-state index in [0.717, 1.165) is 4.47 Å². The van der Waals surface area contributed by atoms with Gasteiger partial charge >= 0.3 is 6.03 Å². The van der Waals surface area contributed by atoms with Crippen molar-refractivity contribution in [2.24, 2.45) is 0 Å². The maximum Gasteiger partial charge on any atom is 0.319 e. The average molecular weight is 433 g/mol. The number of carbonyl (C=O) groups excluding carboxylic acids is 1. The van der Waals surface area contributed by atoms with Crippen molar-refractivity contribution in [2.75, 3.05) is 24.2 Å². The summed E-state index contributed by atoms with van der Waals surface area (Å²) in [5, 5.41) is 6.34. The summed E-state index contributed by atoms with van der Waals surface area (Å²) in [6, 6.07) is 9.99. The predicted octanol–water partition coefficient (Wildman–Crippen LogP) is 4.93. The molecule has 24 heavy (non-hydrogen) atoms. The van der Waals surface area contributed by atoms with Crippen LogP contribution < -0.4 is 21.1 Å². The lowest BCUT2D eigenvalue weighted by Gasteiger charge is -2.10. The number of hydrogen-bond donors (Lipinski definition) is 3.